The lowest BCUT2D eigenvalue weighted by molar-refractivity contribution is -0.137. The number of rotatable bonds is 6. The number of nitrogens with zero attached hydrogens (tertiary/aromatic N) is 3. The number of carbonyl (C=O) groups excluding carboxylic acids is 1. The Morgan fingerprint density at radius 1 is 1.08 bits per heavy atom. The van der Waals surface area contributed by atoms with Gasteiger partial charge in [-0.25, -0.2) is 4.79 Å². The van der Waals surface area contributed by atoms with Crippen molar-refractivity contribution in [1.29, 1.82) is 0 Å². The number of hydrogen-bond donors (Lipinski definition) is 1. The Kier molecular flexibility index (Phi) is 7.11. The minimum Gasteiger partial charge on any atom is -0.489 e. The Morgan fingerprint density at radius 3 is 2.59 bits per heavy atom. The van der Waals surface area contributed by atoms with Crippen molar-refractivity contribution in [1.82, 2.24) is 19.9 Å². The summed E-state index contributed by atoms with van der Waals surface area (Å²) in [6.45, 7) is 5.75. The molecule has 1 N–H and O–H groups in total. The van der Waals surface area contributed by atoms with Crippen molar-refractivity contribution in [3.05, 3.63) is 66.6 Å². The molecule has 0 saturated heterocycles. The molecule has 0 aliphatic heterocycles. The number of fused-ring (bicyclic) bond motifs is 1. The largest absolute Gasteiger partial charge is 0.489 e. The Hall–Kier alpha value is -4.08. The number of benzene rings is 1. The first-order valence-electron chi connectivity index (χ1n) is 11.6. The second-order valence-corrected chi connectivity index (χ2v) is 9.48. The maximum absolute atomic E-state index is 13.5. The number of pyridine rings is 2. The number of halogens is 3. The highest BCUT2D eigenvalue weighted by molar-refractivity contribution is 6.02. The van der Waals surface area contributed by atoms with E-state index >= 15 is 0 Å². The molecule has 10 heteroatoms. The zero-order chi connectivity index (χ0) is 26.8. The van der Waals surface area contributed by atoms with Crippen molar-refractivity contribution in [3.63, 3.8) is 0 Å². The lowest BCUT2D eigenvalue weighted by Crippen LogP contribution is -2.36. The molecular formula is C27H27F3N4O3. The van der Waals surface area contributed by atoms with Gasteiger partial charge in [0.2, 0.25) is 0 Å². The van der Waals surface area contributed by atoms with Crippen LogP contribution >= 0.6 is 0 Å². The number of H-pyrrole nitrogens is 1. The quantitative estimate of drug-likeness (QED) is 0.317. The topological polar surface area (TPSA) is 80.3 Å². The second-order valence-electron chi connectivity index (χ2n) is 9.48. The average Bonchev–Trinajstić information content (AvgIpc) is 3.22. The van der Waals surface area contributed by atoms with Gasteiger partial charge in [-0.3, -0.25) is 9.97 Å². The van der Waals surface area contributed by atoms with Crippen LogP contribution in [0.4, 0.5) is 18.0 Å². The lowest BCUT2D eigenvalue weighted by atomic mass is 9.98. The van der Waals surface area contributed by atoms with Gasteiger partial charge in [-0.05, 0) is 56.7 Å². The number of nitrogens with one attached hydrogen (secondary N) is 1. The average molecular weight is 513 g/mol. The van der Waals surface area contributed by atoms with E-state index in [1.807, 2.05) is 0 Å². The van der Waals surface area contributed by atoms with Gasteiger partial charge < -0.3 is 19.4 Å². The van der Waals surface area contributed by atoms with Gasteiger partial charge in [0.15, 0.2) is 0 Å². The highest BCUT2D eigenvalue weighted by atomic mass is 19.4. The van der Waals surface area contributed by atoms with E-state index in [1.165, 1.54) is 17.2 Å². The van der Waals surface area contributed by atoms with E-state index < -0.39 is 23.4 Å². The first-order valence-corrected chi connectivity index (χ1v) is 11.6. The van der Waals surface area contributed by atoms with Gasteiger partial charge in [0.05, 0.1) is 35.0 Å². The SMILES string of the molecule is CN(CCOc1cnccc1-c1[nH]c2cccnc2c1-c1cccc(C(F)(F)F)c1)C(=O)OC(C)(C)C. The fourth-order valence-electron chi connectivity index (χ4n) is 3.78. The summed E-state index contributed by atoms with van der Waals surface area (Å²) in [4.78, 5) is 25.5. The molecular weight excluding hydrogens is 485 g/mol. The fraction of sp³-hybridized carbons (Fsp3) is 0.296. The number of ether oxygens (including phenoxy) is 2. The van der Waals surface area contributed by atoms with Crippen LogP contribution in [0.15, 0.2) is 61.1 Å². The number of likely N-dealkylation sites (N-methyl/N-ethyl adjacent to an activating group) is 1. The van der Waals surface area contributed by atoms with E-state index in [0.29, 0.717) is 39.2 Å². The van der Waals surface area contributed by atoms with Gasteiger partial charge in [0.25, 0.3) is 0 Å². The smallest absolute Gasteiger partial charge is 0.416 e. The molecule has 0 spiro atoms. The highest BCUT2D eigenvalue weighted by Crippen LogP contribution is 2.42. The van der Waals surface area contributed by atoms with Crippen LogP contribution in [-0.4, -0.2) is 51.7 Å². The van der Waals surface area contributed by atoms with E-state index in [0.717, 1.165) is 12.1 Å². The zero-order valence-corrected chi connectivity index (χ0v) is 20.9. The molecule has 0 aliphatic rings. The predicted octanol–water partition coefficient (Wildman–Crippen LogP) is 6.56. The van der Waals surface area contributed by atoms with E-state index in [9.17, 15) is 18.0 Å². The van der Waals surface area contributed by atoms with Gasteiger partial charge in [-0.2, -0.15) is 13.2 Å². The molecule has 194 valence electrons. The summed E-state index contributed by atoms with van der Waals surface area (Å²) in [5.74, 6) is 0.403. The summed E-state index contributed by atoms with van der Waals surface area (Å²) in [6.07, 6.45) is -0.272. The second kappa shape index (κ2) is 10.1. The first-order chi connectivity index (χ1) is 17.4. The molecule has 0 radical (unpaired) electrons. The molecule has 1 aromatic carbocycles. The van der Waals surface area contributed by atoms with Crippen LogP contribution in [0.25, 0.3) is 33.4 Å². The van der Waals surface area contributed by atoms with Crippen LogP contribution in [0.2, 0.25) is 0 Å². The minimum absolute atomic E-state index is 0.145. The molecule has 0 saturated carbocycles. The van der Waals surface area contributed by atoms with Crippen molar-refractivity contribution in [3.8, 4) is 28.1 Å². The standard InChI is InChI=1S/C27H27F3N4O3/c1-26(2,3)37-25(35)34(4)13-14-36-21-16-31-12-10-19(21)23-22(24-20(33-23)9-6-11-32-24)17-7-5-8-18(15-17)27(28,29)30/h5-12,15-16,33H,13-14H2,1-4H3. The van der Waals surface area contributed by atoms with Gasteiger partial charge in [-0.1, -0.05) is 12.1 Å². The normalized spacial score (nSPS) is 12.0. The molecule has 0 aliphatic carbocycles. The summed E-state index contributed by atoms with van der Waals surface area (Å²) >= 11 is 0. The molecule has 0 fully saturated rings. The summed E-state index contributed by atoms with van der Waals surface area (Å²) in [7, 11) is 1.61. The number of amides is 1. The Morgan fingerprint density at radius 2 is 1.86 bits per heavy atom. The van der Waals surface area contributed by atoms with Crippen LogP contribution in [0, 0.1) is 0 Å². The highest BCUT2D eigenvalue weighted by Gasteiger charge is 2.31. The monoisotopic (exact) mass is 512 g/mol. The van der Waals surface area contributed by atoms with E-state index in [-0.39, 0.29) is 13.2 Å². The van der Waals surface area contributed by atoms with Crippen LogP contribution in [-0.2, 0) is 10.9 Å². The number of alkyl halides is 3. The van der Waals surface area contributed by atoms with Crippen LogP contribution in [0.3, 0.4) is 0 Å². The van der Waals surface area contributed by atoms with Gasteiger partial charge in [0.1, 0.15) is 18.0 Å². The summed E-state index contributed by atoms with van der Waals surface area (Å²) in [6, 6.07) is 10.4. The molecule has 0 atom stereocenters. The third-order valence-corrected chi connectivity index (χ3v) is 5.48. The lowest BCUT2D eigenvalue weighted by Gasteiger charge is -2.24. The molecule has 37 heavy (non-hydrogen) atoms. The number of carbonyl (C=O) groups is 1. The van der Waals surface area contributed by atoms with Crippen molar-refractivity contribution >= 4 is 17.1 Å². The molecule has 1 amide bonds. The van der Waals surface area contributed by atoms with Gasteiger partial charge in [0, 0.05) is 30.6 Å². The molecule has 7 nitrogen and oxygen atoms in total. The Bertz CT molecular complexity index is 1410. The zero-order valence-electron chi connectivity index (χ0n) is 20.9. The van der Waals surface area contributed by atoms with Crippen LogP contribution < -0.4 is 4.74 Å². The van der Waals surface area contributed by atoms with Crippen LogP contribution in [0.5, 0.6) is 5.75 Å². The molecule has 4 rings (SSSR count). The first kappa shape index (κ1) is 26.0. The number of aromatic nitrogens is 3. The summed E-state index contributed by atoms with van der Waals surface area (Å²) in [5.41, 5.74) is 1.85. The molecule has 0 unspecified atom stereocenters. The number of aromatic amines is 1. The van der Waals surface area contributed by atoms with Crippen molar-refractivity contribution < 1.29 is 27.4 Å². The van der Waals surface area contributed by atoms with Crippen LogP contribution in [0.1, 0.15) is 26.3 Å². The number of hydrogen-bond acceptors (Lipinski definition) is 5. The maximum atomic E-state index is 13.5. The van der Waals surface area contributed by atoms with Gasteiger partial charge >= 0.3 is 12.3 Å². The van der Waals surface area contributed by atoms with Crippen molar-refractivity contribution in [2.24, 2.45) is 0 Å². The Labute approximate surface area is 212 Å². The maximum Gasteiger partial charge on any atom is 0.416 e. The third kappa shape index (κ3) is 6.02. The third-order valence-electron chi connectivity index (χ3n) is 5.48. The molecule has 0 bridgehead atoms. The predicted molar refractivity (Wildman–Crippen MR) is 134 cm³/mol. The molecule has 4 aromatic rings. The fourth-order valence-corrected chi connectivity index (χ4v) is 3.78. The van der Waals surface area contributed by atoms with E-state index in [2.05, 4.69) is 15.0 Å². The van der Waals surface area contributed by atoms with E-state index in [1.54, 1.807) is 64.5 Å². The summed E-state index contributed by atoms with van der Waals surface area (Å²) in [5, 5.41) is 0. The minimum atomic E-state index is -4.49. The van der Waals surface area contributed by atoms with Crippen molar-refractivity contribution in [2.45, 2.75) is 32.5 Å². The van der Waals surface area contributed by atoms with Gasteiger partial charge in [-0.15, -0.1) is 0 Å². The molecule has 3 aromatic heterocycles. The summed E-state index contributed by atoms with van der Waals surface area (Å²) < 4.78 is 51.8. The van der Waals surface area contributed by atoms with Crippen molar-refractivity contribution in [2.75, 3.05) is 20.2 Å². The van der Waals surface area contributed by atoms with E-state index in [4.69, 9.17) is 9.47 Å². The Balaban J connectivity index is 1.68. The molecule has 3 heterocycles.